The third-order valence-corrected chi connectivity index (χ3v) is 18.5. The molecule has 13 N–H and O–H groups in total. The number of carbonyl (C=O) groups is 12. The lowest BCUT2D eigenvalue weighted by molar-refractivity contribution is -0.143. The number of hydrogen-bond donors (Lipinski definition) is 13. The molecule has 106 heavy (non-hydrogen) atoms. The Bertz CT molecular complexity index is 3450. The van der Waals surface area contributed by atoms with Crippen LogP contribution in [-0.2, 0) is 98.4 Å². The van der Waals surface area contributed by atoms with E-state index in [4.69, 9.17) is 28.6 Å². The minimum Gasteiger partial charge on any atom is -0.481 e. The van der Waals surface area contributed by atoms with Crippen molar-refractivity contribution in [3.8, 4) is 11.8 Å². The lowest BCUT2D eigenvalue weighted by atomic mass is 9.82. The minimum absolute atomic E-state index is 0.00818. The van der Waals surface area contributed by atoms with Gasteiger partial charge >= 0.3 is 31.6 Å². The highest BCUT2D eigenvalue weighted by Gasteiger charge is 2.31. The quantitative estimate of drug-likeness (QED) is 0.0157. The largest absolute Gasteiger partial charge is 0.481 e. The predicted octanol–water partition coefficient (Wildman–Crippen LogP) is 4.73. The molecule has 0 saturated heterocycles. The van der Waals surface area contributed by atoms with E-state index in [2.05, 4.69) is 71.6 Å². The molecule has 0 spiro atoms. The first-order valence-corrected chi connectivity index (χ1v) is 38.4. The van der Waals surface area contributed by atoms with E-state index in [0.717, 1.165) is 37.8 Å². The third kappa shape index (κ3) is 39.9. The molecule has 0 saturated carbocycles. The maximum absolute atomic E-state index is 13.7. The summed E-state index contributed by atoms with van der Waals surface area (Å²) in [6, 6.07) is 17.2. The number of aliphatic carboxylic acids is 4. The van der Waals surface area contributed by atoms with Gasteiger partial charge in [0.2, 0.25) is 41.4 Å². The van der Waals surface area contributed by atoms with E-state index >= 15 is 0 Å². The van der Waals surface area contributed by atoms with Crippen LogP contribution in [0.5, 0.6) is 0 Å². The molecule has 31 nitrogen and oxygen atoms in total. The zero-order valence-electron chi connectivity index (χ0n) is 59.8. The number of aryl methyl sites for hydroxylation is 1. The van der Waals surface area contributed by atoms with E-state index in [9.17, 15) is 82.3 Å². The number of rotatable bonds is 58. The van der Waals surface area contributed by atoms with Crippen LogP contribution in [-0.4, -0.2) is 206 Å². The van der Waals surface area contributed by atoms with Crippen molar-refractivity contribution < 1.29 is 111 Å². The highest BCUT2D eigenvalue weighted by Crippen LogP contribution is 2.38. The molecule has 3 aromatic carbocycles. The maximum atomic E-state index is 13.7. The molecule has 0 heterocycles. The monoisotopic (exact) mass is 1620 g/mol. The highest BCUT2D eigenvalue weighted by atomic mass is 127. The van der Waals surface area contributed by atoms with Crippen molar-refractivity contribution in [2.45, 2.75) is 184 Å². The molecule has 584 valence electrons. The Labute approximate surface area is 630 Å². The highest BCUT2D eigenvalue weighted by molar-refractivity contribution is 14.1. The van der Waals surface area contributed by atoms with E-state index in [1.165, 1.54) is 0 Å². The Morgan fingerprint density at radius 2 is 0.991 bits per heavy atom. The summed E-state index contributed by atoms with van der Waals surface area (Å²) >= 11 is 2.22. The van der Waals surface area contributed by atoms with Crippen molar-refractivity contribution in [1.29, 1.82) is 0 Å². The molecule has 33 heteroatoms. The molecule has 4 rings (SSSR count). The number of benzene rings is 3. The van der Waals surface area contributed by atoms with E-state index in [1.807, 2.05) is 77.9 Å². The topological polar surface area (TPSA) is 465 Å². The number of Topliss-reactive ketones (excluding diaryl/α,β-unsaturated/α-hetero) is 1. The molecule has 1 aliphatic carbocycles. The van der Waals surface area contributed by atoms with E-state index < -0.39 is 110 Å². The molecule has 0 radical (unpaired) electrons. The fraction of sp³-hybridized carbons (Fsp3) is 0.562. The summed E-state index contributed by atoms with van der Waals surface area (Å²) in [4.78, 5) is 160. The second-order valence-electron chi connectivity index (χ2n) is 25.2. The van der Waals surface area contributed by atoms with Gasteiger partial charge in [-0.1, -0.05) is 66.8 Å². The summed E-state index contributed by atoms with van der Waals surface area (Å²) in [5, 5.41) is 58.2. The van der Waals surface area contributed by atoms with Crippen LogP contribution in [0.4, 0.5) is 0 Å². The number of carboxylic acid groups (broad SMARTS) is 4. The molecule has 1 aliphatic rings. The number of ether oxygens (including phenoxy) is 4. The summed E-state index contributed by atoms with van der Waals surface area (Å²) in [5.41, 5.74) is 4.67. The molecule has 7 amide bonds. The van der Waals surface area contributed by atoms with Crippen molar-refractivity contribution in [3.05, 3.63) is 104 Å². The molecular formula is C73H102IN8O23P. The van der Waals surface area contributed by atoms with Gasteiger partial charge in [0.25, 0.3) is 0 Å². The molecule has 0 aliphatic heterocycles. The second-order valence-corrected chi connectivity index (χ2v) is 28.0. The van der Waals surface area contributed by atoms with Crippen LogP contribution in [0, 0.1) is 15.4 Å². The number of nitrogens with one attached hydrogen (secondary N) is 8. The number of carboxylic acids is 4. The molecule has 7 atom stereocenters. The summed E-state index contributed by atoms with van der Waals surface area (Å²) in [5.74, 6) is -3.00. The van der Waals surface area contributed by atoms with Crippen molar-refractivity contribution in [3.63, 3.8) is 0 Å². The van der Waals surface area contributed by atoms with Crippen LogP contribution < -0.4 is 42.3 Å². The van der Waals surface area contributed by atoms with Crippen molar-refractivity contribution in [2.24, 2.45) is 0 Å². The molecular weight excluding hydrogens is 1510 g/mol. The van der Waals surface area contributed by atoms with Gasteiger partial charge in [0.15, 0.2) is 0 Å². The van der Waals surface area contributed by atoms with Gasteiger partial charge in [-0.2, -0.15) is 0 Å². The zero-order valence-corrected chi connectivity index (χ0v) is 62.9. The zero-order chi connectivity index (χ0) is 77.5. The Morgan fingerprint density at radius 1 is 0.472 bits per heavy atom. The number of hydrogen-bond acceptors (Lipinski definition) is 18. The Hall–Kier alpha value is -8.26. The number of unbranched alkanes of at least 4 members (excludes halogenated alkanes) is 3. The fourth-order valence-corrected chi connectivity index (χ4v) is 12.3. The van der Waals surface area contributed by atoms with E-state index in [-0.39, 0.29) is 161 Å². The first-order chi connectivity index (χ1) is 50.8. The molecule has 3 aromatic rings. The molecule has 2 unspecified atom stereocenters. The van der Waals surface area contributed by atoms with Gasteiger partial charge < -0.3 is 81.5 Å². The summed E-state index contributed by atoms with van der Waals surface area (Å²) in [6.45, 7) is 3.50. The van der Waals surface area contributed by atoms with Crippen LogP contribution in [0.2, 0.25) is 0 Å². The average Bonchev–Trinajstić information content (AvgIpc) is 0.803. The summed E-state index contributed by atoms with van der Waals surface area (Å²) in [7, 11) is -4.62. The average molecular weight is 1620 g/mol. The van der Waals surface area contributed by atoms with Crippen molar-refractivity contribution >= 4 is 101 Å². The van der Waals surface area contributed by atoms with Crippen molar-refractivity contribution in [1.82, 2.24) is 42.3 Å². The Morgan fingerprint density at radius 3 is 1.66 bits per heavy atom. The number of fused-ring (bicyclic) bond motifs is 2. The summed E-state index contributed by atoms with van der Waals surface area (Å²) in [6.07, 6.45) is 2.33. The smallest absolute Gasteiger partial charge is 0.403 e. The number of ketones is 1. The van der Waals surface area contributed by atoms with Crippen molar-refractivity contribution in [2.75, 3.05) is 79.1 Å². The molecule has 0 bridgehead atoms. The normalized spacial score (nSPS) is 14.2. The van der Waals surface area contributed by atoms with Crippen LogP contribution in [0.1, 0.15) is 169 Å². The third-order valence-electron chi connectivity index (χ3n) is 16.6. The lowest BCUT2D eigenvalue weighted by Gasteiger charge is -2.21. The molecule has 0 fully saturated rings. The first-order valence-electron chi connectivity index (χ1n) is 35.7. The van der Waals surface area contributed by atoms with Gasteiger partial charge in [0.1, 0.15) is 30.0 Å². The Balaban J connectivity index is 1.11. The number of carbonyl (C=O) groups excluding carboxylic acids is 8. The fourth-order valence-electron chi connectivity index (χ4n) is 10.9. The second kappa shape index (κ2) is 51.9. The molecule has 0 aromatic heterocycles. The maximum Gasteiger partial charge on any atom is 0.403 e. The number of halogens is 1. The van der Waals surface area contributed by atoms with Gasteiger partial charge in [0.05, 0.1) is 59.5 Å². The standard InChI is InChI=1S/C73H102IN8O23P/c1-50(13-12-40-105-106(99,100)82-61(73(97)98)30-35-69(90)91)78-67(88)33-29-60(72(95)96)80-66(87)20-3-2-9-37-76-64(85)32-28-58(70(92)81-59(71(93)94)19-8-10-38-75-63(84)21-11-14-51-22-26-55(74)27-23-51)79-68(89)36-41-101-43-45-103-47-48-104-46-44-102-42-39-77-65(86)34-31-62(83)57-49-54-17-5-4-15-52(54)24-25-53-16-6-7-18-56(53)57/h4-7,15-18,22-23,26-27,50,57-61H,2-3,8-14,19-21,28-49H2,1H3,(H,75,84)(H,76,85)(H,77,86)(H,78,88)(H,79,89)(H,80,87)(H,81,92)(H,90,91)(H,93,94)(H,95,96)(H,97,98)(H2,82,99,100)/t50-,57?,58-,59+,60+,61+/m1/s1. The van der Waals surface area contributed by atoms with Crippen LogP contribution >= 0.6 is 30.3 Å². The SMILES string of the molecule is C[C@H](CCCOP(=O)(O)N[C@@H](CCC(=O)O)C(=O)O)NC(=O)CC[C@H](NC(=O)CCCCCNC(=O)CC[C@@H](NC(=O)CCOCCOCCOCCOCCNC(=O)CCC(=O)C1Cc2ccccc2C#Cc2ccccc21)C(=O)N[C@@H](CCCCNC(=O)CCCc1ccc(I)cc1)C(=O)O)C(=O)O. The van der Waals surface area contributed by atoms with E-state index in [0.29, 0.717) is 57.9 Å². The van der Waals surface area contributed by atoms with E-state index in [1.54, 1.807) is 6.92 Å². The van der Waals surface area contributed by atoms with Gasteiger partial charge in [-0.15, -0.1) is 0 Å². The summed E-state index contributed by atoms with van der Waals surface area (Å²) < 4.78 is 40.6. The van der Waals surface area contributed by atoms with Crippen LogP contribution in [0.25, 0.3) is 0 Å². The van der Waals surface area contributed by atoms with Crippen LogP contribution in [0.3, 0.4) is 0 Å². The minimum atomic E-state index is -4.62. The predicted molar refractivity (Wildman–Crippen MR) is 394 cm³/mol. The number of amides is 7. The first kappa shape index (κ1) is 90.1. The van der Waals surface area contributed by atoms with Crippen LogP contribution in [0.15, 0.2) is 72.8 Å². The van der Waals surface area contributed by atoms with Gasteiger partial charge in [-0.05, 0) is 154 Å². The van der Waals surface area contributed by atoms with Gasteiger partial charge in [0, 0.05) is 97.7 Å². The van der Waals surface area contributed by atoms with Gasteiger partial charge in [-0.3, -0.25) is 52.5 Å². The van der Waals surface area contributed by atoms with Gasteiger partial charge in [-0.25, -0.2) is 19.2 Å². The lowest BCUT2D eigenvalue weighted by Crippen LogP contribution is -2.52. The Kier molecular flexibility index (Phi) is 44.1.